The molecular formula is C23H25N5O2. The number of rotatable bonds is 5. The van der Waals surface area contributed by atoms with E-state index in [1.807, 2.05) is 49.1 Å². The van der Waals surface area contributed by atoms with Crippen LogP contribution in [0.2, 0.25) is 0 Å². The number of amides is 1. The van der Waals surface area contributed by atoms with Gasteiger partial charge in [-0.1, -0.05) is 0 Å². The molecule has 1 aromatic carbocycles. The zero-order valence-electron chi connectivity index (χ0n) is 17.4. The first-order chi connectivity index (χ1) is 14.5. The van der Waals surface area contributed by atoms with Crippen LogP contribution in [0.3, 0.4) is 0 Å². The number of carbonyl (C=O) groups is 1. The van der Waals surface area contributed by atoms with E-state index in [9.17, 15) is 4.79 Å². The molecule has 1 fully saturated rings. The van der Waals surface area contributed by atoms with Gasteiger partial charge in [0.05, 0.1) is 19.0 Å². The monoisotopic (exact) mass is 403 g/mol. The number of pyridine rings is 1. The lowest BCUT2D eigenvalue weighted by atomic mass is 10.0. The van der Waals surface area contributed by atoms with E-state index < -0.39 is 0 Å². The molecule has 30 heavy (non-hydrogen) atoms. The van der Waals surface area contributed by atoms with Crippen LogP contribution in [0, 0.1) is 13.8 Å². The maximum atomic E-state index is 12.7. The Kier molecular flexibility index (Phi) is 5.61. The average molecular weight is 403 g/mol. The molecule has 2 aromatic heterocycles. The Morgan fingerprint density at radius 2 is 1.87 bits per heavy atom. The number of likely N-dealkylation sites (tertiary alicyclic amines) is 1. The molecule has 3 aromatic rings. The van der Waals surface area contributed by atoms with Gasteiger partial charge in [0.2, 0.25) is 0 Å². The molecule has 0 radical (unpaired) electrons. The predicted molar refractivity (Wildman–Crippen MR) is 115 cm³/mol. The lowest BCUT2D eigenvalue weighted by Crippen LogP contribution is -2.29. The molecule has 1 N–H and O–H groups in total. The van der Waals surface area contributed by atoms with E-state index in [1.165, 1.54) is 0 Å². The van der Waals surface area contributed by atoms with E-state index in [-0.39, 0.29) is 11.8 Å². The van der Waals surface area contributed by atoms with Crippen molar-refractivity contribution in [3.63, 3.8) is 0 Å². The van der Waals surface area contributed by atoms with Gasteiger partial charge in [-0.15, -0.1) is 0 Å². The quantitative estimate of drug-likeness (QED) is 0.697. The largest absolute Gasteiger partial charge is 0.497 e. The zero-order valence-corrected chi connectivity index (χ0v) is 17.4. The van der Waals surface area contributed by atoms with Crippen molar-refractivity contribution in [2.24, 2.45) is 0 Å². The SMILES string of the molecule is COc1ccc(Nc2cc(C)nc([C@H]3CCN(C(=O)c4cnc(C)cn4)C3)c2)cc1. The number of aromatic nitrogens is 3. The highest BCUT2D eigenvalue weighted by Crippen LogP contribution is 2.30. The summed E-state index contributed by atoms with van der Waals surface area (Å²) in [4.78, 5) is 27.7. The number of nitrogens with zero attached hydrogens (tertiary/aromatic N) is 4. The molecule has 1 aliphatic heterocycles. The molecule has 1 saturated heterocycles. The van der Waals surface area contributed by atoms with E-state index in [1.54, 1.807) is 19.5 Å². The molecular weight excluding hydrogens is 378 g/mol. The van der Waals surface area contributed by atoms with Gasteiger partial charge in [0.25, 0.3) is 5.91 Å². The third kappa shape index (κ3) is 4.40. The minimum absolute atomic E-state index is 0.0748. The van der Waals surface area contributed by atoms with Crippen LogP contribution in [-0.4, -0.2) is 46.0 Å². The van der Waals surface area contributed by atoms with Crippen LogP contribution in [0.1, 0.15) is 39.9 Å². The van der Waals surface area contributed by atoms with Crippen molar-refractivity contribution < 1.29 is 9.53 Å². The lowest BCUT2D eigenvalue weighted by Gasteiger charge is -2.17. The number of nitrogens with one attached hydrogen (secondary N) is 1. The fourth-order valence-electron chi connectivity index (χ4n) is 3.67. The van der Waals surface area contributed by atoms with Crippen molar-refractivity contribution >= 4 is 17.3 Å². The molecule has 1 aliphatic rings. The van der Waals surface area contributed by atoms with Crippen molar-refractivity contribution in [1.82, 2.24) is 19.9 Å². The molecule has 0 saturated carbocycles. The highest BCUT2D eigenvalue weighted by atomic mass is 16.5. The molecule has 0 spiro atoms. The Hall–Kier alpha value is -3.48. The summed E-state index contributed by atoms with van der Waals surface area (Å²) in [7, 11) is 1.65. The number of ether oxygens (including phenoxy) is 1. The molecule has 7 nitrogen and oxygen atoms in total. The standard InChI is InChI=1S/C23H25N5O2/c1-15-10-19(27-18-4-6-20(30-3)7-5-18)11-21(26-15)17-8-9-28(14-17)23(29)22-13-24-16(2)12-25-22/h4-7,10-13,17H,8-9,14H2,1-3H3,(H,26,27)/t17-/m0/s1. The van der Waals surface area contributed by atoms with Crippen LogP contribution in [0.5, 0.6) is 5.75 Å². The molecule has 154 valence electrons. The fraction of sp³-hybridized carbons (Fsp3) is 0.304. The van der Waals surface area contributed by atoms with Crippen LogP contribution in [0.4, 0.5) is 11.4 Å². The Morgan fingerprint density at radius 3 is 2.57 bits per heavy atom. The summed E-state index contributed by atoms with van der Waals surface area (Å²) >= 11 is 0. The molecule has 3 heterocycles. The third-order valence-electron chi connectivity index (χ3n) is 5.25. The molecule has 7 heteroatoms. The molecule has 1 atom stereocenters. The normalized spacial score (nSPS) is 15.8. The van der Waals surface area contributed by atoms with Crippen molar-refractivity contribution in [1.29, 1.82) is 0 Å². The first-order valence-corrected chi connectivity index (χ1v) is 9.99. The molecule has 4 rings (SSSR count). The van der Waals surface area contributed by atoms with Gasteiger partial charge in [-0.2, -0.15) is 0 Å². The summed E-state index contributed by atoms with van der Waals surface area (Å²) in [6.45, 7) is 5.17. The van der Waals surface area contributed by atoms with Crippen molar-refractivity contribution in [2.45, 2.75) is 26.2 Å². The Morgan fingerprint density at radius 1 is 1.07 bits per heavy atom. The molecule has 1 amide bonds. The number of hydrogen-bond acceptors (Lipinski definition) is 6. The van der Waals surface area contributed by atoms with Gasteiger partial charge in [0.1, 0.15) is 11.4 Å². The van der Waals surface area contributed by atoms with Crippen molar-refractivity contribution in [3.8, 4) is 5.75 Å². The van der Waals surface area contributed by atoms with Gasteiger partial charge < -0.3 is 15.0 Å². The predicted octanol–water partition coefficient (Wildman–Crippen LogP) is 3.87. The number of hydrogen-bond donors (Lipinski definition) is 1. The summed E-state index contributed by atoms with van der Waals surface area (Å²) in [5.74, 6) is 0.944. The summed E-state index contributed by atoms with van der Waals surface area (Å²) in [5, 5.41) is 3.43. The van der Waals surface area contributed by atoms with E-state index in [0.29, 0.717) is 18.8 Å². The third-order valence-corrected chi connectivity index (χ3v) is 5.25. The second kappa shape index (κ2) is 8.49. The summed E-state index contributed by atoms with van der Waals surface area (Å²) < 4.78 is 5.21. The Bertz CT molecular complexity index is 1030. The second-order valence-corrected chi connectivity index (χ2v) is 7.56. The van der Waals surface area contributed by atoms with Crippen molar-refractivity contribution in [2.75, 3.05) is 25.5 Å². The molecule has 0 aliphatic carbocycles. The van der Waals surface area contributed by atoms with Crippen molar-refractivity contribution in [3.05, 3.63) is 71.6 Å². The zero-order chi connectivity index (χ0) is 21.1. The van der Waals surface area contributed by atoms with E-state index in [2.05, 4.69) is 21.4 Å². The van der Waals surface area contributed by atoms with E-state index in [4.69, 9.17) is 9.72 Å². The maximum absolute atomic E-state index is 12.7. The lowest BCUT2D eigenvalue weighted by molar-refractivity contribution is 0.0784. The molecule has 0 unspecified atom stereocenters. The van der Waals surface area contributed by atoms with Gasteiger partial charge >= 0.3 is 0 Å². The van der Waals surface area contributed by atoms with Crippen LogP contribution in [0.25, 0.3) is 0 Å². The highest BCUT2D eigenvalue weighted by Gasteiger charge is 2.29. The van der Waals surface area contributed by atoms with Crippen LogP contribution < -0.4 is 10.1 Å². The summed E-state index contributed by atoms with van der Waals surface area (Å²) in [6.07, 6.45) is 4.05. The van der Waals surface area contributed by atoms with E-state index in [0.717, 1.165) is 40.6 Å². The van der Waals surface area contributed by atoms with Crippen LogP contribution in [-0.2, 0) is 0 Å². The summed E-state index contributed by atoms with van der Waals surface area (Å²) in [6, 6.07) is 11.9. The minimum Gasteiger partial charge on any atom is -0.497 e. The van der Waals surface area contributed by atoms with Gasteiger partial charge in [-0.25, -0.2) is 4.98 Å². The summed E-state index contributed by atoms with van der Waals surface area (Å²) in [5.41, 5.74) is 5.09. The number of carbonyl (C=O) groups excluding carboxylic acids is 1. The molecule has 0 bridgehead atoms. The van der Waals surface area contributed by atoms with E-state index >= 15 is 0 Å². The van der Waals surface area contributed by atoms with Gasteiger partial charge in [-0.05, 0) is 56.7 Å². The first-order valence-electron chi connectivity index (χ1n) is 9.99. The van der Waals surface area contributed by atoms with Crippen LogP contribution >= 0.6 is 0 Å². The van der Waals surface area contributed by atoms with Gasteiger partial charge in [-0.3, -0.25) is 14.8 Å². The number of aryl methyl sites for hydroxylation is 2. The second-order valence-electron chi connectivity index (χ2n) is 7.56. The topological polar surface area (TPSA) is 80.2 Å². The first kappa shape index (κ1) is 19.8. The number of methoxy groups -OCH3 is 1. The van der Waals surface area contributed by atoms with Gasteiger partial charge in [0.15, 0.2) is 0 Å². The smallest absolute Gasteiger partial charge is 0.274 e. The Balaban J connectivity index is 1.47. The van der Waals surface area contributed by atoms with Crippen LogP contribution in [0.15, 0.2) is 48.8 Å². The average Bonchev–Trinajstić information content (AvgIpc) is 3.24. The van der Waals surface area contributed by atoms with Gasteiger partial charge in [0, 0.05) is 48.0 Å². The minimum atomic E-state index is -0.0748. The number of anilines is 2. The number of benzene rings is 1. The Labute approximate surface area is 176 Å². The maximum Gasteiger partial charge on any atom is 0.274 e. The fourth-order valence-corrected chi connectivity index (χ4v) is 3.67. The highest BCUT2D eigenvalue weighted by molar-refractivity contribution is 5.92.